The van der Waals surface area contributed by atoms with Crippen LogP contribution in [0.2, 0.25) is 0 Å². The van der Waals surface area contributed by atoms with E-state index in [-0.39, 0.29) is 11.4 Å². The van der Waals surface area contributed by atoms with Crippen molar-refractivity contribution in [1.29, 1.82) is 0 Å². The maximum absolute atomic E-state index is 11.9. The first-order valence-corrected chi connectivity index (χ1v) is 6.67. The van der Waals surface area contributed by atoms with Crippen LogP contribution in [0.4, 0.5) is 5.95 Å². The van der Waals surface area contributed by atoms with Crippen molar-refractivity contribution < 1.29 is 9.53 Å². The summed E-state index contributed by atoms with van der Waals surface area (Å²) in [6.07, 6.45) is 1.57. The second-order valence-electron chi connectivity index (χ2n) is 5.16. The molecule has 19 heavy (non-hydrogen) atoms. The fourth-order valence-corrected chi connectivity index (χ4v) is 1.65. The van der Waals surface area contributed by atoms with E-state index in [4.69, 9.17) is 4.74 Å². The van der Waals surface area contributed by atoms with E-state index >= 15 is 0 Å². The van der Waals surface area contributed by atoms with Gasteiger partial charge >= 0.3 is 0 Å². The van der Waals surface area contributed by atoms with E-state index in [0.717, 1.165) is 0 Å². The highest BCUT2D eigenvalue weighted by atomic mass is 79.9. The molecule has 1 amide bonds. The highest BCUT2D eigenvalue weighted by Gasteiger charge is 2.20. The molecule has 0 saturated carbocycles. The number of nitrogens with one attached hydrogen (secondary N) is 2. The molecule has 0 aliphatic rings. The molecule has 0 radical (unpaired) electrons. The molecule has 1 unspecified atom stereocenters. The molecule has 1 atom stereocenters. The number of anilines is 1. The van der Waals surface area contributed by atoms with Crippen LogP contribution in [0.25, 0.3) is 0 Å². The largest absolute Gasteiger partial charge is 0.480 e. The number of carbonyl (C=O) groups is 1. The van der Waals surface area contributed by atoms with E-state index in [0.29, 0.717) is 16.3 Å². The number of nitrogens with zero attached hydrogens (tertiary/aromatic N) is 2. The Hall–Kier alpha value is -1.37. The molecule has 7 heteroatoms. The van der Waals surface area contributed by atoms with Crippen molar-refractivity contribution in [3.63, 3.8) is 0 Å². The zero-order chi connectivity index (χ0) is 14.6. The maximum atomic E-state index is 11.9. The number of aromatic nitrogens is 2. The number of ether oxygens (including phenoxy) is 1. The second kappa shape index (κ2) is 6.18. The van der Waals surface area contributed by atoms with Crippen molar-refractivity contribution in [1.82, 2.24) is 15.3 Å². The summed E-state index contributed by atoms with van der Waals surface area (Å²) in [5.74, 6) is 0.649. The van der Waals surface area contributed by atoms with Gasteiger partial charge in [-0.25, -0.2) is 4.98 Å². The summed E-state index contributed by atoms with van der Waals surface area (Å²) in [4.78, 5) is 20.1. The Kier molecular flexibility index (Phi) is 5.11. The quantitative estimate of drug-likeness (QED) is 0.882. The summed E-state index contributed by atoms with van der Waals surface area (Å²) in [6, 6.07) is -0.440. The Morgan fingerprint density at radius 3 is 2.63 bits per heavy atom. The Morgan fingerprint density at radius 2 is 2.11 bits per heavy atom. The summed E-state index contributed by atoms with van der Waals surface area (Å²) < 4.78 is 5.73. The molecule has 1 aromatic heterocycles. The smallest absolute Gasteiger partial charge is 0.242 e. The monoisotopic (exact) mass is 330 g/mol. The van der Waals surface area contributed by atoms with E-state index in [2.05, 4.69) is 36.5 Å². The number of amides is 1. The lowest BCUT2D eigenvalue weighted by Crippen LogP contribution is -2.47. The molecule has 0 aliphatic carbocycles. The van der Waals surface area contributed by atoms with Crippen LogP contribution in [0.1, 0.15) is 27.7 Å². The highest BCUT2D eigenvalue weighted by molar-refractivity contribution is 9.10. The highest BCUT2D eigenvalue weighted by Crippen LogP contribution is 2.21. The minimum atomic E-state index is -0.440. The standard InChI is InChI=1S/C12H19BrN4O2/c1-7(9(18)17-12(2,3)4)15-11-14-6-8(13)10(16-11)19-5/h6-7H,1-5H3,(H,17,18)(H,14,15,16). The van der Waals surface area contributed by atoms with Crippen molar-refractivity contribution in [2.24, 2.45) is 0 Å². The summed E-state index contributed by atoms with van der Waals surface area (Å²) >= 11 is 3.27. The fourth-order valence-electron chi connectivity index (χ4n) is 1.30. The van der Waals surface area contributed by atoms with Crippen LogP contribution < -0.4 is 15.4 Å². The number of rotatable bonds is 4. The molecule has 2 N–H and O–H groups in total. The molecule has 0 spiro atoms. The lowest BCUT2D eigenvalue weighted by molar-refractivity contribution is -0.122. The minimum Gasteiger partial charge on any atom is -0.480 e. The lowest BCUT2D eigenvalue weighted by atomic mass is 10.1. The van der Waals surface area contributed by atoms with Gasteiger partial charge in [0.05, 0.1) is 17.8 Å². The number of hydrogen-bond acceptors (Lipinski definition) is 5. The molecule has 0 aliphatic heterocycles. The zero-order valence-corrected chi connectivity index (χ0v) is 13.3. The topological polar surface area (TPSA) is 76.1 Å². The van der Waals surface area contributed by atoms with Crippen molar-refractivity contribution in [2.45, 2.75) is 39.3 Å². The Bertz CT molecular complexity index is 460. The lowest BCUT2D eigenvalue weighted by Gasteiger charge is -2.23. The molecule has 1 heterocycles. The van der Waals surface area contributed by atoms with Crippen LogP contribution in [-0.2, 0) is 4.79 Å². The van der Waals surface area contributed by atoms with E-state index in [1.54, 1.807) is 13.1 Å². The number of halogens is 1. The Labute approximate surface area is 121 Å². The summed E-state index contributed by atoms with van der Waals surface area (Å²) in [5, 5.41) is 5.81. The van der Waals surface area contributed by atoms with Crippen LogP contribution in [0.3, 0.4) is 0 Å². The van der Waals surface area contributed by atoms with Gasteiger partial charge in [0.2, 0.25) is 17.7 Å². The molecule has 0 bridgehead atoms. The van der Waals surface area contributed by atoms with E-state index in [9.17, 15) is 4.79 Å². The average molecular weight is 331 g/mol. The van der Waals surface area contributed by atoms with Gasteiger partial charge in [0.25, 0.3) is 0 Å². The van der Waals surface area contributed by atoms with Crippen molar-refractivity contribution >= 4 is 27.8 Å². The first-order chi connectivity index (χ1) is 8.73. The minimum absolute atomic E-state index is 0.113. The van der Waals surface area contributed by atoms with Gasteiger partial charge in [-0.2, -0.15) is 4.98 Å². The van der Waals surface area contributed by atoms with Crippen molar-refractivity contribution in [2.75, 3.05) is 12.4 Å². The van der Waals surface area contributed by atoms with Crippen LogP contribution in [0, 0.1) is 0 Å². The van der Waals surface area contributed by atoms with E-state index in [1.807, 2.05) is 20.8 Å². The molecule has 106 valence electrons. The molecule has 6 nitrogen and oxygen atoms in total. The number of methoxy groups -OCH3 is 1. The SMILES string of the molecule is COc1nc(NC(C)C(=O)NC(C)(C)C)ncc1Br. The van der Waals surface area contributed by atoms with Crippen LogP contribution in [0.5, 0.6) is 5.88 Å². The molecule has 0 fully saturated rings. The third kappa shape index (κ3) is 5.02. The summed E-state index contributed by atoms with van der Waals surface area (Å²) in [6.45, 7) is 7.53. The van der Waals surface area contributed by atoms with Gasteiger partial charge in [0.1, 0.15) is 6.04 Å². The van der Waals surface area contributed by atoms with Gasteiger partial charge in [-0.1, -0.05) is 0 Å². The third-order valence-electron chi connectivity index (χ3n) is 2.14. The van der Waals surface area contributed by atoms with Gasteiger partial charge in [0, 0.05) is 5.54 Å². The molecule has 0 saturated heterocycles. The average Bonchev–Trinajstić information content (AvgIpc) is 2.29. The molecule has 1 rings (SSSR count). The number of carbonyl (C=O) groups excluding carboxylic acids is 1. The van der Waals surface area contributed by atoms with E-state index < -0.39 is 6.04 Å². The van der Waals surface area contributed by atoms with Gasteiger partial charge in [-0.15, -0.1) is 0 Å². The van der Waals surface area contributed by atoms with Gasteiger partial charge in [0.15, 0.2) is 0 Å². The zero-order valence-electron chi connectivity index (χ0n) is 11.7. The Morgan fingerprint density at radius 1 is 1.47 bits per heavy atom. The fraction of sp³-hybridized carbons (Fsp3) is 0.583. The predicted molar refractivity (Wildman–Crippen MR) is 77.3 cm³/mol. The molecular formula is C12H19BrN4O2. The third-order valence-corrected chi connectivity index (χ3v) is 2.69. The van der Waals surface area contributed by atoms with Gasteiger partial charge in [-0.3, -0.25) is 4.79 Å². The van der Waals surface area contributed by atoms with Crippen LogP contribution >= 0.6 is 15.9 Å². The van der Waals surface area contributed by atoms with Crippen molar-refractivity contribution in [3.05, 3.63) is 10.7 Å². The predicted octanol–water partition coefficient (Wildman–Crippen LogP) is 1.96. The molecule has 1 aromatic rings. The summed E-state index contributed by atoms with van der Waals surface area (Å²) in [7, 11) is 1.52. The van der Waals surface area contributed by atoms with Gasteiger partial charge in [-0.05, 0) is 43.6 Å². The first-order valence-electron chi connectivity index (χ1n) is 5.88. The number of hydrogen-bond donors (Lipinski definition) is 2. The van der Waals surface area contributed by atoms with E-state index in [1.165, 1.54) is 7.11 Å². The maximum Gasteiger partial charge on any atom is 0.242 e. The van der Waals surface area contributed by atoms with Crippen molar-refractivity contribution in [3.8, 4) is 5.88 Å². The summed E-state index contributed by atoms with van der Waals surface area (Å²) in [5.41, 5.74) is -0.273. The second-order valence-corrected chi connectivity index (χ2v) is 6.01. The normalized spacial score (nSPS) is 12.7. The Balaban J connectivity index is 2.71. The van der Waals surface area contributed by atoms with Crippen LogP contribution in [-0.4, -0.2) is 34.6 Å². The first kappa shape index (κ1) is 15.7. The molecule has 0 aromatic carbocycles. The van der Waals surface area contributed by atoms with Gasteiger partial charge < -0.3 is 15.4 Å². The molecular weight excluding hydrogens is 312 g/mol. The van der Waals surface area contributed by atoms with Crippen LogP contribution in [0.15, 0.2) is 10.7 Å².